The van der Waals surface area contributed by atoms with Gasteiger partial charge in [-0.25, -0.2) is 13.4 Å². The van der Waals surface area contributed by atoms with Gasteiger partial charge in [0.15, 0.2) is 5.58 Å². The Morgan fingerprint density at radius 3 is 2.40 bits per heavy atom. The van der Waals surface area contributed by atoms with Gasteiger partial charge in [0.05, 0.1) is 4.90 Å². The van der Waals surface area contributed by atoms with Gasteiger partial charge in [0, 0.05) is 30.3 Å². The second kappa shape index (κ2) is 9.28. The van der Waals surface area contributed by atoms with Gasteiger partial charge in [-0.15, -0.1) is 0 Å². The standard InChI is InChI=1S/C27H27N3O4S/c1-18-7-12-25(19(2)17-18)35(32,33)30-15-13-20(14-16-30)26(31)28-22-10-8-21(9-11-22)27-29-23-5-3-4-6-24(23)34-27/h3-12,17,20H,13-16H2,1-2H3,(H,28,31). The first-order chi connectivity index (χ1) is 16.8. The Labute approximate surface area is 204 Å². The topological polar surface area (TPSA) is 92.5 Å². The summed E-state index contributed by atoms with van der Waals surface area (Å²) in [5.41, 5.74) is 4.80. The molecule has 35 heavy (non-hydrogen) atoms. The number of nitrogens with one attached hydrogen (secondary N) is 1. The molecular formula is C27H27N3O4S. The summed E-state index contributed by atoms with van der Waals surface area (Å²) in [7, 11) is -3.57. The number of oxazole rings is 1. The third kappa shape index (κ3) is 4.72. The molecule has 0 aliphatic carbocycles. The van der Waals surface area contributed by atoms with E-state index in [1.54, 1.807) is 6.07 Å². The van der Waals surface area contributed by atoms with Gasteiger partial charge in [-0.1, -0.05) is 29.8 Å². The van der Waals surface area contributed by atoms with Crippen LogP contribution >= 0.6 is 0 Å². The number of rotatable bonds is 5. The molecule has 0 atom stereocenters. The van der Waals surface area contributed by atoms with Crippen molar-refractivity contribution in [2.75, 3.05) is 18.4 Å². The van der Waals surface area contributed by atoms with Crippen LogP contribution in [0.4, 0.5) is 5.69 Å². The molecule has 180 valence electrons. The van der Waals surface area contributed by atoms with Crippen molar-refractivity contribution in [3.63, 3.8) is 0 Å². The van der Waals surface area contributed by atoms with Crippen LogP contribution in [0.3, 0.4) is 0 Å². The van der Waals surface area contributed by atoms with Crippen molar-refractivity contribution in [1.82, 2.24) is 9.29 Å². The van der Waals surface area contributed by atoms with E-state index in [-0.39, 0.29) is 11.8 Å². The predicted octanol–water partition coefficient (Wildman–Crippen LogP) is 5.15. The predicted molar refractivity (Wildman–Crippen MR) is 135 cm³/mol. The van der Waals surface area contributed by atoms with Crippen LogP contribution in [-0.2, 0) is 14.8 Å². The largest absolute Gasteiger partial charge is 0.436 e. The van der Waals surface area contributed by atoms with Crippen molar-refractivity contribution < 1.29 is 17.6 Å². The second-order valence-corrected chi connectivity index (χ2v) is 10.9. The van der Waals surface area contributed by atoms with Gasteiger partial charge in [0.1, 0.15) is 5.52 Å². The number of aromatic nitrogens is 1. The molecule has 1 amide bonds. The van der Waals surface area contributed by atoms with Crippen LogP contribution in [0.25, 0.3) is 22.6 Å². The van der Waals surface area contributed by atoms with Crippen molar-refractivity contribution in [2.45, 2.75) is 31.6 Å². The second-order valence-electron chi connectivity index (χ2n) is 9.00. The normalized spacial score (nSPS) is 15.4. The number of nitrogens with zero attached hydrogens (tertiary/aromatic N) is 2. The highest BCUT2D eigenvalue weighted by atomic mass is 32.2. The molecule has 0 bridgehead atoms. The number of anilines is 1. The maximum Gasteiger partial charge on any atom is 0.243 e. The van der Waals surface area contributed by atoms with Gasteiger partial charge in [-0.2, -0.15) is 4.31 Å². The molecule has 1 aliphatic rings. The summed E-state index contributed by atoms with van der Waals surface area (Å²) in [4.78, 5) is 17.7. The lowest BCUT2D eigenvalue weighted by Gasteiger charge is -2.31. The highest BCUT2D eigenvalue weighted by Gasteiger charge is 2.32. The van der Waals surface area contributed by atoms with Crippen molar-refractivity contribution >= 4 is 32.7 Å². The number of sulfonamides is 1. The van der Waals surface area contributed by atoms with Gasteiger partial charge >= 0.3 is 0 Å². The highest BCUT2D eigenvalue weighted by molar-refractivity contribution is 7.89. The first kappa shape index (κ1) is 23.3. The van der Waals surface area contributed by atoms with Crippen LogP contribution in [0.2, 0.25) is 0 Å². The van der Waals surface area contributed by atoms with E-state index < -0.39 is 10.0 Å². The minimum atomic E-state index is -3.57. The number of carbonyl (C=O) groups is 1. The number of fused-ring (bicyclic) bond motifs is 1. The average Bonchev–Trinajstić information content (AvgIpc) is 3.29. The molecule has 1 aromatic heterocycles. The first-order valence-corrected chi connectivity index (χ1v) is 13.1. The van der Waals surface area contributed by atoms with Crippen molar-refractivity contribution in [3.8, 4) is 11.5 Å². The number of amides is 1. The smallest absolute Gasteiger partial charge is 0.243 e. The molecule has 1 fully saturated rings. The van der Waals surface area contributed by atoms with Crippen LogP contribution < -0.4 is 5.32 Å². The number of hydrogen-bond donors (Lipinski definition) is 1. The Balaban J connectivity index is 1.20. The molecule has 1 saturated heterocycles. The van der Waals surface area contributed by atoms with E-state index in [1.165, 1.54) is 4.31 Å². The van der Waals surface area contributed by atoms with Crippen LogP contribution in [0.5, 0.6) is 0 Å². The Morgan fingerprint density at radius 1 is 1.00 bits per heavy atom. The van der Waals surface area contributed by atoms with Crippen molar-refractivity contribution in [3.05, 3.63) is 77.9 Å². The summed E-state index contributed by atoms with van der Waals surface area (Å²) in [6.07, 6.45) is 0.966. The van der Waals surface area contributed by atoms with E-state index >= 15 is 0 Å². The molecule has 1 aliphatic heterocycles. The monoisotopic (exact) mass is 489 g/mol. The number of hydrogen-bond acceptors (Lipinski definition) is 5. The highest BCUT2D eigenvalue weighted by Crippen LogP contribution is 2.28. The molecule has 0 radical (unpaired) electrons. The zero-order valence-electron chi connectivity index (χ0n) is 19.7. The van der Waals surface area contributed by atoms with E-state index in [2.05, 4.69) is 10.3 Å². The summed E-state index contributed by atoms with van der Waals surface area (Å²) >= 11 is 0. The average molecular weight is 490 g/mol. The van der Waals surface area contributed by atoms with Crippen molar-refractivity contribution in [1.29, 1.82) is 0 Å². The van der Waals surface area contributed by atoms with Gasteiger partial charge in [-0.05, 0) is 74.7 Å². The third-order valence-corrected chi connectivity index (χ3v) is 8.53. The van der Waals surface area contributed by atoms with Gasteiger partial charge in [-0.3, -0.25) is 4.79 Å². The lowest BCUT2D eigenvalue weighted by molar-refractivity contribution is -0.120. The Hall–Kier alpha value is -3.49. The lowest BCUT2D eigenvalue weighted by atomic mass is 9.97. The molecule has 4 aromatic rings. The van der Waals surface area contributed by atoms with E-state index in [9.17, 15) is 13.2 Å². The fourth-order valence-electron chi connectivity index (χ4n) is 4.52. The minimum absolute atomic E-state index is 0.0943. The molecule has 2 heterocycles. The zero-order valence-corrected chi connectivity index (χ0v) is 20.5. The fourth-order valence-corrected chi connectivity index (χ4v) is 6.20. The van der Waals surface area contributed by atoms with Gasteiger partial charge in [0.25, 0.3) is 0 Å². The quantitative estimate of drug-likeness (QED) is 0.418. The maximum atomic E-state index is 13.1. The molecule has 0 unspecified atom stereocenters. The SMILES string of the molecule is Cc1ccc(S(=O)(=O)N2CCC(C(=O)Nc3ccc(-c4nc5ccccc5o4)cc3)CC2)c(C)c1. The summed E-state index contributed by atoms with van der Waals surface area (Å²) in [5.74, 6) is 0.196. The van der Waals surface area contributed by atoms with E-state index in [0.29, 0.717) is 42.4 Å². The van der Waals surface area contributed by atoms with E-state index in [1.807, 2.05) is 74.5 Å². The first-order valence-electron chi connectivity index (χ1n) is 11.7. The van der Waals surface area contributed by atoms with Crippen LogP contribution in [0.15, 0.2) is 76.0 Å². The molecule has 1 N–H and O–H groups in total. The Bertz CT molecular complexity index is 1450. The zero-order chi connectivity index (χ0) is 24.6. The molecule has 8 heteroatoms. The molecule has 7 nitrogen and oxygen atoms in total. The number of carbonyl (C=O) groups excluding carboxylic acids is 1. The maximum absolute atomic E-state index is 13.1. The van der Waals surface area contributed by atoms with Crippen LogP contribution in [0.1, 0.15) is 24.0 Å². The van der Waals surface area contributed by atoms with Crippen LogP contribution in [-0.4, -0.2) is 36.7 Å². The fraction of sp³-hybridized carbons (Fsp3) is 0.259. The van der Waals surface area contributed by atoms with Gasteiger partial charge < -0.3 is 9.73 Å². The number of piperidine rings is 1. The number of para-hydroxylation sites is 2. The van der Waals surface area contributed by atoms with Crippen LogP contribution in [0, 0.1) is 19.8 Å². The Morgan fingerprint density at radius 2 is 1.71 bits per heavy atom. The summed E-state index contributed by atoms with van der Waals surface area (Å²) in [5, 5.41) is 2.96. The summed E-state index contributed by atoms with van der Waals surface area (Å²) < 4.78 is 33.5. The molecule has 5 rings (SSSR count). The van der Waals surface area contributed by atoms with E-state index in [0.717, 1.165) is 27.8 Å². The van der Waals surface area contributed by atoms with Crippen molar-refractivity contribution in [2.24, 2.45) is 5.92 Å². The molecule has 0 spiro atoms. The third-order valence-electron chi connectivity index (χ3n) is 6.47. The lowest BCUT2D eigenvalue weighted by Crippen LogP contribution is -2.41. The molecule has 0 saturated carbocycles. The van der Waals surface area contributed by atoms with Gasteiger partial charge in [0.2, 0.25) is 21.8 Å². The summed E-state index contributed by atoms with van der Waals surface area (Å²) in [6.45, 7) is 4.40. The molecule has 3 aromatic carbocycles. The van der Waals surface area contributed by atoms with E-state index in [4.69, 9.17) is 4.42 Å². The number of aryl methyl sites for hydroxylation is 2. The minimum Gasteiger partial charge on any atom is -0.436 e. The Kier molecular flexibility index (Phi) is 6.17. The number of benzene rings is 3. The summed E-state index contributed by atoms with van der Waals surface area (Å²) in [6, 6.07) is 20.3. The molecular weight excluding hydrogens is 462 g/mol.